The number of hydrogen-bond acceptors (Lipinski definition) is 5. The van der Waals surface area contributed by atoms with E-state index in [-0.39, 0.29) is 5.91 Å². The van der Waals surface area contributed by atoms with Crippen molar-refractivity contribution in [2.45, 2.75) is 33.4 Å². The number of fused-ring (bicyclic) bond motifs is 1. The number of carbonyl (C=O) groups is 1. The lowest BCUT2D eigenvalue weighted by atomic mass is 10.2. The third-order valence-corrected chi connectivity index (χ3v) is 4.24. The fraction of sp³-hybridized carbons (Fsp3) is 0.562. The second-order valence-corrected chi connectivity index (χ2v) is 6.22. The average molecular weight is 317 g/mol. The molecule has 1 amide bonds. The molecule has 1 fully saturated rings. The molecule has 0 saturated carbocycles. The minimum absolute atomic E-state index is 0.187. The predicted octanol–water partition coefficient (Wildman–Crippen LogP) is 0.371. The van der Waals surface area contributed by atoms with Gasteiger partial charge in [0.15, 0.2) is 0 Å². The van der Waals surface area contributed by atoms with E-state index in [0.29, 0.717) is 13.1 Å². The molecular weight excluding hydrogens is 294 g/mol. The monoisotopic (exact) mass is 317 g/mol. The molecule has 0 spiro atoms. The minimum atomic E-state index is -0.919. The molecule has 0 aliphatic carbocycles. The Bertz CT molecular complexity index is 717. The molecule has 1 atom stereocenters. The van der Waals surface area contributed by atoms with Crippen molar-refractivity contribution >= 4 is 11.7 Å². The van der Waals surface area contributed by atoms with Crippen molar-refractivity contribution in [3.8, 4) is 0 Å². The van der Waals surface area contributed by atoms with Gasteiger partial charge in [-0.25, -0.2) is 9.97 Å². The van der Waals surface area contributed by atoms with Crippen LogP contribution in [0.5, 0.6) is 0 Å². The van der Waals surface area contributed by atoms with Crippen LogP contribution in [0.25, 0.3) is 5.78 Å². The minimum Gasteiger partial charge on any atom is -0.384 e. The van der Waals surface area contributed by atoms with Gasteiger partial charge in [-0.15, -0.1) is 0 Å². The maximum Gasteiger partial charge on any atom is 0.251 e. The van der Waals surface area contributed by atoms with Crippen molar-refractivity contribution in [3.63, 3.8) is 0 Å². The van der Waals surface area contributed by atoms with Crippen molar-refractivity contribution in [2.24, 2.45) is 0 Å². The second-order valence-electron chi connectivity index (χ2n) is 6.22. The van der Waals surface area contributed by atoms with E-state index in [0.717, 1.165) is 42.5 Å². The molecule has 124 valence electrons. The molecule has 1 aliphatic heterocycles. The largest absolute Gasteiger partial charge is 0.384 e. The number of aliphatic hydroxyl groups excluding tert-OH is 1. The Balaban J connectivity index is 1.65. The Kier molecular flexibility index (Phi) is 4.32. The van der Waals surface area contributed by atoms with Gasteiger partial charge in [0, 0.05) is 50.3 Å². The number of rotatable bonds is 3. The van der Waals surface area contributed by atoms with E-state index in [4.69, 9.17) is 0 Å². The summed E-state index contributed by atoms with van der Waals surface area (Å²) in [4.78, 5) is 24.8. The van der Waals surface area contributed by atoms with Crippen LogP contribution >= 0.6 is 0 Å². The van der Waals surface area contributed by atoms with Gasteiger partial charge in [-0.3, -0.25) is 14.1 Å². The van der Waals surface area contributed by atoms with Crippen LogP contribution in [-0.4, -0.2) is 67.5 Å². The van der Waals surface area contributed by atoms with Gasteiger partial charge in [0.05, 0.1) is 5.69 Å². The Morgan fingerprint density at radius 1 is 1.26 bits per heavy atom. The third kappa shape index (κ3) is 3.35. The molecule has 3 heterocycles. The Hall–Kier alpha value is -1.99. The highest BCUT2D eigenvalue weighted by molar-refractivity contribution is 5.80. The molecule has 7 nitrogen and oxygen atoms in total. The summed E-state index contributed by atoms with van der Waals surface area (Å²) in [6, 6.07) is 2.04. The van der Waals surface area contributed by atoms with Gasteiger partial charge in [0.1, 0.15) is 6.10 Å². The van der Waals surface area contributed by atoms with Gasteiger partial charge in [0.2, 0.25) is 5.78 Å². The maximum absolute atomic E-state index is 11.8. The summed E-state index contributed by atoms with van der Waals surface area (Å²) in [5.41, 5.74) is 3.08. The fourth-order valence-corrected chi connectivity index (χ4v) is 3.01. The van der Waals surface area contributed by atoms with Gasteiger partial charge in [0.25, 0.3) is 5.91 Å². The molecule has 0 aromatic carbocycles. The Morgan fingerprint density at radius 3 is 2.61 bits per heavy atom. The summed E-state index contributed by atoms with van der Waals surface area (Å²) < 4.78 is 2.01. The summed E-state index contributed by atoms with van der Waals surface area (Å²) in [5, 5.41) is 9.38. The lowest BCUT2D eigenvalue weighted by Gasteiger charge is -2.34. The Morgan fingerprint density at radius 2 is 1.96 bits per heavy atom. The van der Waals surface area contributed by atoms with E-state index < -0.39 is 6.10 Å². The van der Waals surface area contributed by atoms with Crippen LogP contribution in [0.2, 0.25) is 0 Å². The van der Waals surface area contributed by atoms with Crippen LogP contribution in [0.1, 0.15) is 24.0 Å². The quantitative estimate of drug-likeness (QED) is 0.885. The fourth-order valence-electron chi connectivity index (χ4n) is 3.01. The first-order chi connectivity index (χ1) is 10.9. The van der Waals surface area contributed by atoms with E-state index in [2.05, 4.69) is 14.9 Å². The van der Waals surface area contributed by atoms with Crippen molar-refractivity contribution < 1.29 is 9.90 Å². The highest BCUT2D eigenvalue weighted by Crippen LogP contribution is 2.12. The molecule has 0 bridgehead atoms. The first kappa shape index (κ1) is 15.9. The topological polar surface area (TPSA) is 74.0 Å². The van der Waals surface area contributed by atoms with Crippen molar-refractivity contribution in [1.29, 1.82) is 0 Å². The molecular formula is C16H23N5O2. The summed E-state index contributed by atoms with van der Waals surface area (Å²) in [6.07, 6.45) is 1.11. The van der Waals surface area contributed by atoms with E-state index in [1.807, 2.05) is 30.5 Å². The zero-order chi connectivity index (χ0) is 16.6. The van der Waals surface area contributed by atoms with Crippen LogP contribution in [0.3, 0.4) is 0 Å². The van der Waals surface area contributed by atoms with Gasteiger partial charge in [-0.2, -0.15) is 0 Å². The molecule has 2 aromatic heterocycles. The third-order valence-electron chi connectivity index (χ3n) is 4.24. The summed E-state index contributed by atoms with van der Waals surface area (Å²) in [5.74, 6) is 0.549. The van der Waals surface area contributed by atoms with Gasteiger partial charge in [-0.05, 0) is 26.8 Å². The van der Waals surface area contributed by atoms with Crippen LogP contribution < -0.4 is 0 Å². The molecule has 2 aromatic rings. The smallest absolute Gasteiger partial charge is 0.251 e. The second kappa shape index (κ2) is 6.25. The number of aryl methyl sites for hydroxylation is 2. The molecule has 1 saturated heterocycles. The first-order valence-corrected chi connectivity index (χ1v) is 7.95. The number of piperazine rings is 1. The molecule has 1 aliphatic rings. The standard InChI is InChI=1S/C16H23N5O2/c1-11-8-12(2)21-10-14(18-16(21)17-11)9-19-4-6-20(7-5-19)15(23)13(3)22/h8,10,13,22H,4-7,9H2,1-3H3. The van der Waals surface area contributed by atoms with E-state index >= 15 is 0 Å². The van der Waals surface area contributed by atoms with Crippen LogP contribution in [0, 0.1) is 13.8 Å². The number of nitrogens with zero attached hydrogens (tertiary/aromatic N) is 5. The molecule has 1 N–H and O–H groups in total. The van der Waals surface area contributed by atoms with E-state index in [9.17, 15) is 9.90 Å². The lowest BCUT2D eigenvalue weighted by Crippen LogP contribution is -2.50. The Labute approximate surface area is 135 Å². The van der Waals surface area contributed by atoms with Crippen molar-refractivity contribution in [1.82, 2.24) is 24.2 Å². The zero-order valence-electron chi connectivity index (χ0n) is 13.9. The summed E-state index contributed by atoms with van der Waals surface area (Å²) in [7, 11) is 0. The SMILES string of the molecule is Cc1cc(C)n2cc(CN3CCN(C(=O)C(C)O)CC3)nc2n1. The summed E-state index contributed by atoms with van der Waals surface area (Å²) in [6.45, 7) is 9.16. The number of imidazole rings is 1. The molecule has 0 radical (unpaired) electrons. The number of aromatic nitrogens is 3. The van der Waals surface area contributed by atoms with E-state index in [1.54, 1.807) is 4.90 Å². The average Bonchev–Trinajstić information content (AvgIpc) is 2.90. The highest BCUT2D eigenvalue weighted by Gasteiger charge is 2.24. The van der Waals surface area contributed by atoms with Crippen LogP contribution in [-0.2, 0) is 11.3 Å². The lowest BCUT2D eigenvalue weighted by molar-refractivity contribution is -0.141. The summed E-state index contributed by atoms with van der Waals surface area (Å²) >= 11 is 0. The first-order valence-electron chi connectivity index (χ1n) is 7.95. The highest BCUT2D eigenvalue weighted by atomic mass is 16.3. The molecule has 3 rings (SSSR count). The normalized spacial score (nSPS) is 17.7. The van der Waals surface area contributed by atoms with Gasteiger partial charge >= 0.3 is 0 Å². The molecule has 1 unspecified atom stereocenters. The molecule has 7 heteroatoms. The number of carbonyl (C=O) groups excluding carboxylic acids is 1. The molecule has 23 heavy (non-hydrogen) atoms. The number of aliphatic hydroxyl groups is 1. The number of amides is 1. The maximum atomic E-state index is 11.8. The van der Waals surface area contributed by atoms with Crippen molar-refractivity contribution in [3.05, 3.63) is 29.3 Å². The van der Waals surface area contributed by atoms with Gasteiger partial charge < -0.3 is 10.0 Å². The van der Waals surface area contributed by atoms with E-state index in [1.165, 1.54) is 6.92 Å². The zero-order valence-corrected chi connectivity index (χ0v) is 13.9. The van der Waals surface area contributed by atoms with Crippen LogP contribution in [0.15, 0.2) is 12.3 Å². The van der Waals surface area contributed by atoms with Crippen LogP contribution in [0.4, 0.5) is 0 Å². The van der Waals surface area contributed by atoms with Crippen molar-refractivity contribution in [2.75, 3.05) is 26.2 Å². The van der Waals surface area contributed by atoms with Gasteiger partial charge in [-0.1, -0.05) is 0 Å². The predicted molar refractivity (Wildman–Crippen MR) is 86.0 cm³/mol. The number of hydrogen-bond donors (Lipinski definition) is 1.